The molecule has 0 aliphatic carbocycles. The predicted octanol–water partition coefficient (Wildman–Crippen LogP) is 3.11. The number of nitrogens with one attached hydrogen (secondary N) is 2. The number of aryl methyl sites for hydroxylation is 1. The molecule has 0 spiro atoms. The summed E-state index contributed by atoms with van der Waals surface area (Å²) in [6.45, 7) is 1.73. The van der Waals surface area contributed by atoms with Crippen molar-refractivity contribution in [1.29, 1.82) is 0 Å². The van der Waals surface area contributed by atoms with E-state index in [4.69, 9.17) is 0 Å². The number of anilines is 1. The van der Waals surface area contributed by atoms with E-state index < -0.39 is 23.9 Å². The number of carbonyl (C=O) groups is 1. The van der Waals surface area contributed by atoms with E-state index in [0.29, 0.717) is 11.1 Å². The second-order valence-corrected chi connectivity index (χ2v) is 5.02. The highest BCUT2D eigenvalue weighted by molar-refractivity contribution is 7.98. The number of hydrogen-bond donors (Lipinski definition) is 2. The number of rotatable bonds is 3. The molecule has 2 aromatic rings. The fourth-order valence-electron chi connectivity index (χ4n) is 1.59. The molecular weight excluding hydrogens is 305 g/mol. The number of halogens is 3. The van der Waals surface area contributed by atoms with Gasteiger partial charge in [-0.2, -0.15) is 18.2 Å². The molecule has 0 bridgehead atoms. The van der Waals surface area contributed by atoms with E-state index in [1.165, 1.54) is 11.8 Å². The number of aromatic nitrogens is 3. The molecule has 2 rings (SSSR count). The van der Waals surface area contributed by atoms with Gasteiger partial charge in [0.05, 0.1) is 0 Å². The molecule has 2 N–H and O–H groups in total. The molecule has 0 aliphatic heterocycles. The fourth-order valence-corrected chi connectivity index (χ4v) is 2.03. The van der Waals surface area contributed by atoms with Crippen LogP contribution in [-0.4, -0.2) is 27.3 Å². The van der Waals surface area contributed by atoms with Gasteiger partial charge in [-0.05, 0) is 30.9 Å². The van der Waals surface area contributed by atoms with E-state index in [1.807, 2.05) is 12.3 Å². The van der Waals surface area contributed by atoms with Crippen LogP contribution in [-0.2, 0) is 6.18 Å². The number of amides is 1. The zero-order chi connectivity index (χ0) is 15.6. The molecule has 0 fully saturated rings. The molecule has 1 amide bonds. The van der Waals surface area contributed by atoms with Gasteiger partial charge in [0.25, 0.3) is 5.91 Å². The Morgan fingerprint density at radius 3 is 2.67 bits per heavy atom. The van der Waals surface area contributed by atoms with Crippen molar-refractivity contribution in [2.45, 2.75) is 18.0 Å². The average Bonchev–Trinajstić information content (AvgIpc) is 2.87. The third kappa shape index (κ3) is 3.54. The summed E-state index contributed by atoms with van der Waals surface area (Å²) in [5, 5.41) is 7.30. The summed E-state index contributed by atoms with van der Waals surface area (Å²) >= 11 is 1.46. The van der Waals surface area contributed by atoms with Crippen LogP contribution in [0.15, 0.2) is 23.1 Å². The highest BCUT2D eigenvalue weighted by Gasteiger charge is 2.35. The van der Waals surface area contributed by atoms with E-state index in [0.717, 1.165) is 4.90 Å². The van der Waals surface area contributed by atoms with Crippen molar-refractivity contribution in [2.24, 2.45) is 0 Å². The first kappa shape index (κ1) is 15.4. The molecule has 0 saturated carbocycles. The molecule has 5 nitrogen and oxygen atoms in total. The second-order valence-electron chi connectivity index (χ2n) is 4.14. The highest BCUT2D eigenvalue weighted by atomic mass is 32.2. The Balaban J connectivity index is 2.20. The average molecular weight is 316 g/mol. The van der Waals surface area contributed by atoms with Crippen molar-refractivity contribution in [3.8, 4) is 0 Å². The number of H-pyrrole nitrogens is 1. The minimum absolute atomic E-state index is 0.361. The molecule has 1 heterocycles. The van der Waals surface area contributed by atoms with Gasteiger partial charge in [-0.15, -0.1) is 16.9 Å². The van der Waals surface area contributed by atoms with E-state index in [2.05, 4.69) is 15.4 Å². The standard InChI is InChI=1S/C12H11F3N4OS/c1-6-3-4-7(21-2)5-8(6)9(20)16-11-17-10(18-19-11)12(13,14)15/h3-5H,1-2H3,(H2,16,17,18,19,20). The Morgan fingerprint density at radius 1 is 1.38 bits per heavy atom. The SMILES string of the molecule is CSc1ccc(C)c(C(=O)Nc2n[nH]c(C(F)(F)F)n2)c1. The maximum absolute atomic E-state index is 12.4. The van der Waals surface area contributed by atoms with Gasteiger partial charge in [-0.1, -0.05) is 6.07 Å². The van der Waals surface area contributed by atoms with E-state index >= 15 is 0 Å². The smallest absolute Gasteiger partial charge is 0.289 e. The van der Waals surface area contributed by atoms with Crippen LogP contribution in [0.25, 0.3) is 0 Å². The molecule has 1 aromatic carbocycles. The fraction of sp³-hybridized carbons (Fsp3) is 0.250. The summed E-state index contributed by atoms with van der Waals surface area (Å²) in [4.78, 5) is 16.1. The normalized spacial score (nSPS) is 11.5. The van der Waals surface area contributed by atoms with Crippen LogP contribution in [0.5, 0.6) is 0 Å². The second kappa shape index (κ2) is 5.76. The largest absolute Gasteiger partial charge is 0.451 e. The van der Waals surface area contributed by atoms with E-state index in [1.54, 1.807) is 24.2 Å². The Labute approximate surface area is 122 Å². The van der Waals surface area contributed by atoms with Crippen LogP contribution in [0.3, 0.4) is 0 Å². The molecule has 0 radical (unpaired) electrons. The van der Waals surface area contributed by atoms with Gasteiger partial charge in [-0.3, -0.25) is 15.2 Å². The maximum atomic E-state index is 12.4. The summed E-state index contributed by atoms with van der Waals surface area (Å²) in [7, 11) is 0. The number of thioether (sulfide) groups is 1. The third-order valence-electron chi connectivity index (χ3n) is 2.67. The summed E-state index contributed by atoms with van der Waals surface area (Å²) in [6, 6.07) is 5.28. The maximum Gasteiger partial charge on any atom is 0.451 e. The molecule has 1 aromatic heterocycles. The van der Waals surface area contributed by atoms with Crippen molar-refractivity contribution in [2.75, 3.05) is 11.6 Å². The van der Waals surface area contributed by atoms with E-state index in [-0.39, 0.29) is 0 Å². The quantitative estimate of drug-likeness (QED) is 0.854. The van der Waals surface area contributed by atoms with Gasteiger partial charge >= 0.3 is 6.18 Å². The lowest BCUT2D eigenvalue weighted by Gasteiger charge is -2.06. The minimum atomic E-state index is -4.63. The minimum Gasteiger partial charge on any atom is -0.289 e. The topological polar surface area (TPSA) is 70.7 Å². The monoisotopic (exact) mass is 316 g/mol. The van der Waals surface area contributed by atoms with Crippen LogP contribution in [0, 0.1) is 6.92 Å². The number of alkyl halides is 3. The molecule has 0 unspecified atom stereocenters. The van der Waals surface area contributed by atoms with Crippen molar-refractivity contribution in [3.05, 3.63) is 35.2 Å². The van der Waals surface area contributed by atoms with Crippen molar-refractivity contribution in [1.82, 2.24) is 15.2 Å². The molecule has 9 heteroatoms. The molecule has 112 valence electrons. The van der Waals surface area contributed by atoms with Crippen LogP contribution < -0.4 is 5.32 Å². The summed E-state index contributed by atoms with van der Waals surface area (Å²) in [5.41, 5.74) is 1.07. The van der Waals surface area contributed by atoms with Gasteiger partial charge in [0, 0.05) is 10.5 Å². The zero-order valence-electron chi connectivity index (χ0n) is 11.1. The molecule has 0 saturated heterocycles. The van der Waals surface area contributed by atoms with Crippen LogP contribution in [0.4, 0.5) is 19.1 Å². The van der Waals surface area contributed by atoms with Crippen LogP contribution in [0.1, 0.15) is 21.7 Å². The summed E-state index contributed by atoms with van der Waals surface area (Å²) in [6.07, 6.45) is -2.78. The lowest BCUT2D eigenvalue weighted by Crippen LogP contribution is -2.15. The third-order valence-corrected chi connectivity index (χ3v) is 3.39. The molecule has 0 atom stereocenters. The molecular formula is C12H11F3N4OS. The zero-order valence-corrected chi connectivity index (χ0v) is 11.9. The first-order valence-corrected chi connectivity index (χ1v) is 6.99. The summed E-state index contributed by atoms with van der Waals surface area (Å²) in [5.74, 6) is -2.23. The summed E-state index contributed by atoms with van der Waals surface area (Å²) < 4.78 is 37.1. The van der Waals surface area contributed by atoms with Gasteiger partial charge in [0.1, 0.15) is 0 Å². The number of hydrogen-bond acceptors (Lipinski definition) is 4. The Morgan fingerprint density at radius 2 is 2.10 bits per heavy atom. The number of aromatic amines is 1. The lowest BCUT2D eigenvalue weighted by atomic mass is 10.1. The number of nitrogens with zero attached hydrogens (tertiary/aromatic N) is 2. The van der Waals surface area contributed by atoms with Gasteiger partial charge < -0.3 is 0 Å². The van der Waals surface area contributed by atoms with Gasteiger partial charge in [0.15, 0.2) is 0 Å². The Bertz CT molecular complexity index is 669. The van der Waals surface area contributed by atoms with Crippen molar-refractivity contribution >= 4 is 23.6 Å². The van der Waals surface area contributed by atoms with Crippen molar-refractivity contribution < 1.29 is 18.0 Å². The first-order valence-electron chi connectivity index (χ1n) is 5.77. The molecule has 21 heavy (non-hydrogen) atoms. The first-order chi connectivity index (χ1) is 9.81. The van der Waals surface area contributed by atoms with Crippen LogP contribution in [0.2, 0.25) is 0 Å². The van der Waals surface area contributed by atoms with Gasteiger partial charge in [-0.25, -0.2) is 0 Å². The van der Waals surface area contributed by atoms with Crippen LogP contribution >= 0.6 is 11.8 Å². The predicted molar refractivity (Wildman–Crippen MR) is 72.3 cm³/mol. The number of benzene rings is 1. The number of carbonyl (C=O) groups excluding carboxylic acids is 1. The highest BCUT2D eigenvalue weighted by Crippen LogP contribution is 2.26. The van der Waals surface area contributed by atoms with E-state index in [9.17, 15) is 18.0 Å². The Kier molecular flexibility index (Phi) is 4.21. The molecule has 0 aliphatic rings. The van der Waals surface area contributed by atoms with Crippen molar-refractivity contribution in [3.63, 3.8) is 0 Å². The van der Waals surface area contributed by atoms with Gasteiger partial charge in [0.2, 0.25) is 11.8 Å². The lowest BCUT2D eigenvalue weighted by molar-refractivity contribution is -0.144. The Hall–Kier alpha value is -2.03.